The first-order chi connectivity index (χ1) is 11.2. The molecule has 0 heterocycles. The van der Waals surface area contributed by atoms with Crippen LogP contribution >= 0.6 is 0 Å². The van der Waals surface area contributed by atoms with E-state index in [-0.39, 0.29) is 24.0 Å². The summed E-state index contributed by atoms with van der Waals surface area (Å²) in [4.78, 5) is 22.3. The number of unbranched alkanes of at least 4 members (excludes halogenated alkanes) is 1. The average Bonchev–Trinajstić information content (AvgIpc) is 2.40. The molecule has 1 unspecified atom stereocenters. The minimum atomic E-state index is -4.22. The summed E-state index contributed by atoms with van der Waals surface area (Å²) >= 11 is 0. The lowest BCUT2D eigenvalue weighted by Gasteiger charge is -2.08. The fourth-order valence-electron chi connectivity index (χ4n) is 1.76. The molecule has 0 aliphatic heterocycles. The highest BCUT2D eigenvalue weighted by Crippen LogP contribution is 2.10. The molecule has 0 aliphatic carbocycles. The van der Waals surface area contributed by atoms with Gasteiger partial charge in [-0.15, -0.1) is 0 Å². The minimum absolute atomic E-state index is 0.0716. The van der Waals surface area contributed by atoms with Crippen LogP contribution in [0.3, 0.4) is 0 Å². The van der Waals surface area contributed by atoms with Gasteiger partial charge in [-0.3, -0.25) is 4.55 Å². The average molecular weight is 398 g/mol. The number of carboxylic acid groups (broad SMARTS) is 1. The van der Waals surface area contributed by atoms with Gasteiger partial charge in [-0.05, 0) is 32.6 Å². The SMILES string of the molecule is CC(=CCCCS(=O)(=O)OC(=O)C(C)=CC(C)CS(=O)(=O)O)C(=O)O. The number of carbonyl (C=O) groups excluding carboxylic acids is 1. The molecule has 0 spiro atoms. The molecule has 0 saturated heterocycles. The molecule has 0 aromatic heterocycles. The fourth-order valence-corrected chi connectivity index (χ4v) is 3.49. The van der Waals surface area contributed by atoms with E-state index in [1.807, 2.05) is 0 Å². The molecule has 9 nitrogen and oxygen atoms in total. The van der Waals surface area contributed by atoms with Crippen molar-refractivity contribution >= 4 is 32.2 Å². The van der Waals surface area contributed by atoms with Gasteiger partial charge in [-0.25, -0.2) is 9.59 Å². The third-order valence-electron chi connectivity index (χ3n) is 2.92. The van der Waals surface area contributed by atoms with Gasteiger partial charge in [0.15, 0.2) is 0 Å². The van der Waals surface area contributed by atoms with E-state index in [2.05, 4.69) is 4.18 Å². The Kier molecular flexibility index (Phi) is 9.02. The van der Waals surface area contributed by atoms with Crippen molar-refractivity contribution in [2.75, 3.05) is 11.5 Å². The van der Waals surface area contributed by atoms with Crippen LogP contribution in [0.2, 0.25) is 0 Å². The van der Waals surface area contributed by atoms with Gasteiger partial charge in [-0.1, -0.05) is 19.1 Å². The first kappa shape index (κ1) is 23.3. The number of carboxylic acids is 1. The van der Waals surface area contributed by atoms with Crippen LogP contribution in [0, 0.1) is 5.92 Å². The third kappa shape index (κ3) is 11.5. The number of hydrogen-bond donors (Lipinski definition) is 2. The van der Waals surface area contributed by atoms with Crippen LogP contribution in [-0.4, -0.2) is 49.9 Å². The Bertz CT molecular complexity index is 758. The maximum Gasteiger partial charge on any atom is 0.349 e. The molecule has 1 atom stereocenters. The summed E-state index contributed by atoms with van der Waals surface area (Å²) in [7, 11) is -8.37. The summed E-state index contributed by atoms with van der Waals surface area (Å²) in [5.41, 5.74) is -0.0256. The standard InChI is InChI=1S/C14H22O9S2/c1-10(9-24(18,19)20)8-12(3)14(17)23-25(21,22)7-5-4-6-11(2)13(15)16/h6,8,10H,4-5,7,9H2,1-3H3,(H,15,16)(H,18,19,20). The van der Waals surface area contributed by atoms with Crippen LogP contribution < -0.4 is 0 Å². The summed E-state index contributed by atoms with van der Waals surface area (Å²) in [5, 5.41) is 8.65. The number of hydrogen-bond acceptors (Lipinski definition) is 7. The van der Waals surface area contributed by atoms with E-state index in [1.165, 1.54) is 32.9 Å². The number of carbonyl (C=O) groups is 2. The zero-order chi connectivity index (χ0) is 19.8. The molecule has 0 aromatic carbocycles. The Balaban J connectivity index is 4.65. The molecular formula is C14H22O9S2. The van der Waals surface area contributed by atoms with Crippen molar-refractivity contribution in [2.24, 2.45) is 5.92 Å². The Morgan fingerprint density at radius 3 is 2.16 bits per heavy atom. The Morgan fingerprint density at radius 1 is 1.12 bits per heavy atom. The number of aliphatic carboxylic acids is 1. The zero-order valence-electron chi connectivity index (χ0n) is 14.1. The second-order valence-electron chi connectivity index (χ2n) is 5.54. The van der Waals surface area contributed by atoms with Gasteiger partial charge in [0.05, 0.1) is 11.5 Å². The Morgan fingerprint density at radius 2 is 1.68 bits per heavy atom. The van der Waals surface area contributed by atoms with E-state index in [1.54, 1.807) is 0 Å². The smallest absolute Gasteiger partial charge is 0.349 e. The highest BCUT2D eigenvalue weighted by atomic mass is 32.2. The predicted molar refractivity (Wildman–Crippen MR) is 89.8 cm³/mol. The molecule has 0 radical (unpaired) electrons. The fraction of sp³-hybridized carbons (Fsp3) is 0.571. The second-order valence-corrected chi connectivity index (χ2v) is 8.73. The summed E-state index contributed by atoms with van der Waals surface area (Å²) < 4.78 is 58.0. The van der Waals surface area contributed by atoms with Crippen molar-refractivity contribution in [3.8, 4) is 0 Å². The summed E-state index contributed by atoms with van der Waals surface area (Å²) in [6.45, 7) is 4.06. The highest BCUT2D eigenvalue weighted by molar-refractivity contribution is 7.87. The van der Waals surface area contributed by atoms with Crippen LogP contribution in [0.15, 0.2) is 23.3 Å². The van der Waals surface area contributed by atoms with Gasteiger partial charge >= 0.3 is 22.1 Å². The van der Waals surface area contributed by atoms with Gasteiger partial charge in [0.1, 0.15) is 0 Å². The lowest BCUT2D eigenvalue weighted by Crippen LogP contribution is -2.18. The van der Waals surface area contributed by atoms with Crippen molar-refractivity contribution in [2.45, 2.75) is 33.6 Å². The molecule has 0 aliphatic rings. The van der Waals surface area contributed by atoms with Gasteiger partial charge in [0, 0.05) is 11.1 Å². The van der Waals surface area contributed by atoms with Crippen LogP contribution in [-0.2, 0) is 34.0 Å². The lowest BCUT2D eigenvalue weighted by atomic mass is 10.1. The van der Waals surface area contributed by atoms with Crippen molar-refractivity contribution < 1.29 is 40.3 Å². The van der Waals surface area contributed by atoms with E-state index in [0.717, 1.165) is 0 Å². The Hall–Kier alpha value is -1.72. The maximum atomic E-state index is 11.7. The third-order valence-corrected chi connectivity index (χ3v) is 5.06. The summed E-state index contributed by atoms with van der Waals surface area (Å²) in [6, 6.07) is 0. The summed E-state index contributed by atoms with van der Waals surface area (Å²) in [6.07, 6.45) is 2.81. The van der Waals surface area contributed by atoms with Crippen molar-refractivity contribution in [1.82, 2.24) is 0 Å². The molecule has 2 N–H and O–H groups in total. The zero-order valence-corrected chi connectivity index (χ0v) is 15.8. The van der Waals surface area contributed by atoms with Gasteiger partial charge < -0.3 is 9.29 Å². The lowest BCUT2D eigenvalue weighted by molar-refractivity contribution is -0.132. The molecule has 0 aromatic rings. The van der Waals surface area contributed by atoms with Crippen LogP contribution in [0.5, 0.6) is 0 Å². The predicted octanol–water partition coefficient (Wildman–Crippen LogP) is 1.14. The normalized spacial score (nSPS) is 14.9. The molecule has 0 saturated carbocycles. The molecule has 144 valence electrons. The largest absolute Gasteiger partial charge is 0.478 e. The van der Waals surface area contributed by atoms with E-state index in [4.69, 9.17) is 9.66 Å². The van der Waals surface area contributed by atoms with Crippen molar-refractivity contribution in [3.05, 3.63) is 23.3 Å². The van der Waals surface area contributed by atoms with Crippen molar-refractivity contribution in [3.63, 3.8) is 0 Å². The van der Waals surface area contributed by atoms with Gasteiger partial charge in [0.25, 0.3) is 10.1 Å². The molecule has 11 heteroatoms. The second kappa shape index (κ2) is 9.68. The van der Waals surface area contributed by atoms with Gasteiger partial charge in [-0.2, -0.15) is 16.8 Å². The van der Waals surface area contributed by atoms with Crippen LogP contribution in [0.4, 0.5) is 0 Å². The van der Waals surface area contributed by atoms with Crippen molar-refractivity contribution in [1.29, 1.82) is 0 Å². The molecular weight excluding hydrogens is 376 g/mol. The molecule has 25 heavy (non-hydrogen) atoms. The molecule has 0 amide bonds. The first-order valence-electron chi connectivity index (χ1n) is 7.23. The van der Waals surface area contributed by atoms with Gasteiger partial charge in [0.2, 0.25) is 0 Å². The number of rotatable bonds is 10. The van der Waals surface area contributed by atoms with E-state index in [0.29, 0.717) is 0 Å². The van der Waals surface area contributed by atoms with Crippen LogP contribution in [0.25, 0.3) is 0 Å². The van der Waals surface area contributed by atoms with E-state index in [9.17, 15) is 26.4 Å². The molecule has 0 rings (SSSR count). The Labute approximate surface area is 147 Å². The highest BCUT2D eigenvalue weighted by Gasteiger charge is 2.19. The van der Waals surface area contributed by atoms with E-state index < -0.39 is 49.6 Å². The topological polar surface area (TPSA) is 152 Å². The molecule has 0 bridgehead atoms. The first-order valence-corrected chi connectivity index (χ1v) is 10.4. The van der Waals surface area contributed by atoms with E-state index >= 15 is 0 Å². The number of allylic oxidation sites excluding steroid dienone is 2. The van der Waals surface area contributed by atoms with Crippen LogP contribution in [0.1, 0.15) is 33.6 Å². The monoisotopic (exact) mass is 398 g/mol. The molecule has 0 fully saturated rings. The summed E-state index contributed by atoms with van der Waals surface area (Å²) in [5.74, 6) is -4.04. The quantitative estimate of drug-likeness (QED) is 0.239. The minimum Gasteiger partial charge on any atom is -0.478 e. The maximum absolute atomic E-state index is 11.7.